The molecule has 0 aliphatic carbocycles. The summed E-state index contributed by atoms with van der Waals surface area (Å²) in [6.45, 7) is 6.80. The molecule has 1 fully saturated rings. The van der Waals surface area contributed by atoms with Crippen molar-refractivity contribution >= 4 is 23.2 Å². The fourth-order valence-corrected chi connectivity index (χ4v) is 2.56. The molecule has 1 aromatic carbocycles. The largest absolute Gasteiger partial charge is 0.495 e. The standard InChI is InChI=1S/C16H24N4O3/c1-11(20-8-6-17-7-9-20)16(22)19-14-10-13(18-12(2)21)4-5-15(14)23-3/h4-5,10-11,17H,6-9H2,1-3H3,(H,18,21)(H,19,22). The average molecular weight is 320 g/mol. The molecule has 0 radical (unpaired) electrons. The molecule has 0 spiro atoms. The smallest absolute Gasteiger partial charge is 0.241 e. The van der Waals surface area contributed by atoms with Crippen molar-refractivity contribution in [2.45, 2.75) is 19.9 Å². The number of piperazine rings is 1. The van der Waals surface area contributed by atoms with Gasteiger partial charge in [0.05, 0.1) is 18.8 Å². The van der Waals surface area contributed by atoms with E-state index in [4.69, 9.17) is 4.74 Å². The zero-order valence-electron chi connectivity index (χ0n) is 13.8. The monoisotopic (exact) mass is 320 g/mol. The first-order valence-electron chi connectivity index (χ1n) is 7.72. The van der Waals surface area contributed by atoms with Gasteiger partial charge in [-0.25, -0.2) is 0 Å². The van der Waals surface area contributed by atoms with Crippen molar-refractivity contribution in [3.63, 3.8) is 0 Å². The van der Waals surface area contributed by atoms with Crippen LogP contribution in [0.25, 0.3) is 0 Å². The van der Waals surface area contributed by atoms with E-state index in [2.05, 4.69) is 20.9 Å². The quantitative estimate of drug-likeness (QED) is 0.750. The molecule has 1 aliphatic heterocycles. The van der Waals surface area contributed by atoms with Crippen LogP contribution < -0.4 is 20.7 Å². The minimum absolute atomic E-state index is 0.0924. The highest BCUT2D eigenvalue weighted by Crippen LogP contribution is 2.28. The minimum atomic E-state index is -0.230. The van der Waals surface area contributed by atoms with Gasteiger partial charge in [-0.2, -0.15) is 0 Å². The van der Waals surface area contributed by atoms with Crippen LogP contribution in [-0.4, -0.2) is 56.0 Å². The number of methoxy groups -OCH3 is 1. The van der Waals surface area contributed by atoms with E-state index in [1.807, 2.05) is 6.92 Å². The third-order valence-corrected chi connectivity index (χ3v) is 3.86. The molecule has 1 aromatic rings. The zero-order chi connectivity index (χ0) is 16.8. The predicted molar refractivity (Wildman–Crippen MR) is 89.8 cm³/mol. The molecule has 1 heterocycles. The van der Waals surface area contributed by atoms with Crippen molar-refractivity contribution in [3.8, 4) is 5.75 Å². The van der Waals surface area contributed by atoms with E-state index >= 15 is 0 Å². The second-order valence-electron chi connectivity index (χ2n) is 5.55. The van der Waals surface area contributed by atoms with Crippen molar-refractivity contribution in [2.24, 2.45) is 0 Å². The van der Waals surface area contributed by atoms with Crippen LogP contribution in [0.3, 0.4) is 0 Å². The van der Waals surface area contributed by atoms with Crippen LogP contribution >= 0.6 is 0 Å². The van der Waals surface area contributed by atoms with E-state index in [0.717, 1.165) is 26.2 Å². The fourth-order valence-electron chi connectivity index (χ4n) is 2.56. The number of hydrogen-bond acceptors (Lipinski definition) is 5. The third kappa shape index (κ3) is 4.67. The van der Waals surface area contributed by atoms with Crippen molar-refractivity contribution < 1.29 is 14.3 Å². The zero-order valence-corrected chi connectivity index (χ0v) is 13.8. The molecule has 1 atom stereocenters. The van der Waals surface area contributed by atoms with Gasteiger partial charge in [0, 0.05) is 38.8 Å². The number of nitrogens with zero attached hydrogens (tertiary/aromatic N) is 1. The number of anilines is 2. The third-order valence-electron chi connectivity index (χ3n) is 3.86. The Bertz CT molecular complexity index is 570. The number of rotatable bonds is 5. The summed E-state index contributed by atoms with van der Waals surface area (Å²) in [5.74, 6) is 0.298. The molecule has 23 heavy (non-hydrogen) atoms. The molecule has 7 heteroatoms. The Morgan fingerprint density at radius 3 is 2.57 bits per heavy atom. The van der Waals surface area contributed by atoms with Gasteiger partial charge >= 0.3 is 0 Å². The lowest BCUT2D eigenvalue weighted by Gasteiger charge is -2.31. The van der Waals surface area contributed by atoms with Crippen LogP contribution in [0.4, 0.5) is 11.4 Å². The van der Waals surface area contributed by atoms with E-state index in [0.29, 0.717) is 17.1 Å². The van der Waals surface area contributed by atoms with E-state index in [-0.39, 0.29) is 17.9 Å². The van der Waals surface area contributed by atoms with Crippen LogP contribution in [0, 0.1) is 0 Å². The maximum Gasteiger partial charge on any atom is 0.241 e. The lowest BCUT2D eigenvalue weighted by atomic mass is 10.2. The van der Waals surface area contributed by atoms with Crippen LogP contribution in [0.15, 0.2) is 18.2 Å². The second-order valence-corrected chi connectivity index (χ2v) is 5.55. The number of hydrogen-bond donors (Lipinski definition) is 3. The van der Waals surface area contributed by atoms with Crippen LogP contribution in [-0.2, 0) is 9.59 Å². The maximum atomic E-state index is 12.5. The molecule has 0 aromatic heterocycles. The van der Waals surface area contributed by atoms with Gasteiger partial charge in [-0.3, -0.25) is 14.5 Å². The Morgan fingerprint density at radius 1 is 1.26 bits per heavy atom. The van der Waals surface area contributed by atoms with E-state index in [9.17, 15) is 9.59 Å². The highest BCUT2D eigenvalue weighted by molar-refractivity contribution is 5.97. The molecule has 1 aliphatic rings. The Labute approximate surface area is 136 Å². The lowest BCUT2D eigenvalue weighted by molar-refractivity contribution is -0.121. The van der Waals surface area contributed by atoms with Crippen molar-refractivity contribution in [2.75, 3.05) is 43.9 Å². The summed E-state index contributed by atoms with van der Waals surface area (Å²) in [6, 6.07) is 4.92. The molecule has 1 unspecified atom stereocenters. The van der Waals surface area contributed by atoms with Gasteiger partial charge in [0.2, 0.25) is 11.8 Å². The molecule has 0 saturated carbocycles. The van der Waals surface area contributed by atoms with Crippen LogP contribution in [0.2, 0.25) is 0 Å². The van der Waals surface area contributed by atoms with Crippen molar-refractivity contribution in [3.05, 3.63) is 18.2 Å². The topological polar surface area (TPSA) is 82.7 Å². The molecule has 7 nitrogen and oxygen atoms in total. The highest BCUT2D eigenvalue weighted by atomic mass is 16.5. The highest BCUT2D eigenvalue weighted by Gasteiger charge is 2.23. The first-order chi connectivity index (χ1) is 11.0. The fraction of sp³-hybridized carbons (Fsp3) is 0.500. The van der Waals surface area contributed by atoms with Gasteiger partial charge < -0.3 is 20.7 Å². The summed E-state index contributed by atoms with van der Waals surface area (Å²) in [7, 11) is 1.54. The number of nitrogens with one attached hydrogen (secondary N) is 3. The first kappa shape index (κ1) is 17.2. The molecular formula is C16H24N4O3. The summed E-state index contributed by atoms with van der Waals surface area (Å²) in [5, 5.41) is 8.86. The molecule has 2 amide bonds. The van der Waals surface area contributed by atoms with E-state index < -0.39 is 0 Å². The number of benzene rings is 1. The summed E-state index contributed by atoms with van der Waals surface area (Å²) in [5.41, 5.74) is 1.16. The predicted octanol–water partition coefficient (Wildman–Crippen LogP) is 0.886. The summed E-state index contributed by atoms with van der Waals surface area (Å²) in [4.78, 5) is 25.8. The Balaban J connectivity index is 2.10. The molecule has 0 bridgehead atoms. The number of carbonyl (C=O) groups excluding carboxylic acids is 2. The van der Waals surface area contributed by atoms with Crippen LogP contribution in [0.5, 0.6) is 5.75 Å². The normalized spacial score (nSPS) is 16.5. The molecule has 1 saturated heterocycles. The second kappa shape index (κ2) is 7.94. The van der Waals surface area contributed by atoms with Gasteiger partial charge in [0.1, 0.15) is 5.75 Å². The molecule has 3 N–H and O–H groups in total. The van der Waals surface area contributed by atoms with Crippen LogP contribution in [0.1, 0.15) is 13.8 Å². The van der Waals surface area contributed by atoms with Crippen molar-refractivity contribution in [1.82, 2.24) is 10.2 Å². The van der Waals surface area contributed by atoms with Crippen molar-refractivity contribution in [1.29, 1.82) is 0 Å². The van der Waals surface area contributed by atoms with Gasteiger partial charge in [-0.05, 0) is 25.1 Å². The molecule has 126 valence electrons. The SMILES string of the molecule is COc1ccc(NC(C)=O)cc1NC(=O)C(C)N1CCNCC1. The van der Waals surface area contributed by atoms with E-state index in [1.165, 1.54) is 6.92 Å². The van der Waals surface area contributed by atoms with E-state index in [1.54, 1.807) is 25.3 Å². The lowest BCUT2D eigenvalue weighted by Crippen LogP contribution is -2.51. The summed E-state index contributed by atoms with van der Waals surface area (Å²) >= 11 is 0. The Hall–Kier alpha value is -2.12. The number of ether oxygens (including phenoxy) is 1. The number of carbonyl (C=O) groups is 2. The van der Waals surface area contributed by atoms with Gasteiger partial charge in [0.15, 0.2) is 0 Å². The average Bonchev–Trinajstić information content (AvgIpc) is 2.54. The minimum Gasteiger partial charge on any atom is -0.495 e. The summed E-state index contributed by atoms with van der Waals surface area (Å²) in [6.07, 6.45) is 0. The van der Waals surface area contributed by atoms with Gasteiger partial charge in [-0.1, -0.05) is 0 Å². The number of amides is 2. The summed E-state index contributed by atoms with van der Waals surface area (Å²) < 4.78 is 5.28. The molecule has 2 rings (SSSR count). The first-order valence-corrected chi connectivity index (χ1v) is 7.72. The van der Waals surface area contributed by atoms with Gasteiger partial charge in [0.25, 0.3) is 0 Å². The molecular weight excluding hydrogens is 296 g/mol. The maximum absolute atomic E-state index is 12.5. The Kier molecular flexibility index (Phi) is 5.95. The van der Waals surface area contributed by atoms with Gasteiger partial charge in [-0.15, -0.1) is 0 Å². The Morgan fingerprint density at radius 2 is 1.96 bits per heavy atom.